The van der Waals surface area contributed by atoms with E-state index in [1.54, 1.807) is 43.1 Å². The van der Waals surface area contributed by atoms with Crippen LogP contribution in [0.5, 0.6) is 0 Å². The molecule has 0 aliphatic heterocycles. The Kier molecular flexibility index (Phi) is 5.37. The average molecular weight is 509 g/mol. The number of anilines is 1. The Morgan fingerprint density at radius 1 is 0.795 bits per heavy atom. The van der Waals surface area contributed by atoms with Crippen molar-refractivity contribution < 1.29 is 4.79 Å². The Labute approximate surface area is 222 Å². The lowest BCUT2D eigenvalue weighted by atomic mass is 10.0. The predicted molar refractivity (Wildman–Crippen MR) is 150 cm³/mol. The Bertz CT molecular complexity index is 1960. The number of nitrogens with one attached hydrogen (secondary N) is 3. The molecule has 9 nitrogen and oxygen atoms in total. The van der Waals surface area contributed by atoms with E-state index in [9.17, 15) is 4.79 Å². The number of hydrogen-bond donors (Lipinski definition) is 3. The number of imidazole rings is 1. The number of H-pyrrole nitrogens is 2. The maximum atomic E-state index is 12.6. The molecule has 9 heteroatoms. The molecule has 0 saturated carbocycles. The van der Waals surface area contributed by atoms with Gasteiger partial charge in [-0.25, -0.2) is 9.97 Å². The molecule has 5 aromatic heterocycles. The lowest BCUT2D eigenvalue weighted by Crippen LogP contribution is -2.11. The zero-order chi connectivity index (χ0) is 26.2. The Balaban J connectivity index is 1.25. The minimum Gasteiger partial charge on any atom is -0.321 e. The molecule has 2 aromatic carbocycles. The van der Waals surface area contributed by atoms with Gasteiger partial charge < -0.3 is 10.3 Å². The third-order valence-electron chi connectivity index (χ3n) is 6.53. The third kappa shape index (κ3) is 4.17. The molecule has 186 valence electrons. The summed E-state index contributed by atoms with van der Waals surface area (Å²) in [5.41, 5.74) is 7.96. The van der Waals surface area contributed by atoms with E-state index in [4.69, 9.17) is 4.98 Å². The standard InChI is InChI=1S/C30H20N8O/c39-30(19-4-2-1-3-5-19)34-22-14-21(16-32-17-22)20-6-7-25-24(15-20)27(38-37-25)29-35-26-23(10-13-33-28(26)36-29)18-8-11-31-12-9-18/h1-17H,(H,34,39)(H,37,38)(H,33,35,36). The highest BCUT2D eigenvalue weighted by Gasteiger charge is 2.17. The SMILES string of the molecule is O=C(Nc1cncc(-c2ccc3[nH]nc(-c4nc5c(-c6ccncc6)ccnc5[nH]4)c3c2)c1)c1ccccc1. The van der Waals surface area contributed by atoms with Gasteiger partial charge in [-0.1, -0.05) is 24.3 Å². The topological polar surface area (TPSA) is 125 Å². The maximum Gasteiger partial charge on any atom is 0.255 e. The van der Waals surface area contributed by atoms with Crippen molar-refractivity contribution in [3.05, 3.63) is 109 Å². The van der Waals surface area contributed by atoms with Crippen molar-refractivity contribution in [3.63, 3.8) is 0 Å². The number of amides is 1. The quantitative estimate of drug-likeness (QED) is 0.267. The van der Waals surface area contributed by atoms with E-state index in [2.05, 4.69) is 35.5 Å². The molecule has 0 unspecified atom stereocenters. The van der Waals surface area contributed by atoms with Crippen molar-refractivity contribution in [3.8, 4) is 33.8 Å². The van der Waals surface area contributed by atoms with Gasteiger partial charge in [0.05, 0.1) is 17.4 Å². The Morgan fingerprint density at radius 2 is 1.67 bits per heavy atom. The first kappa shape index (κ1) is 22.5. The van der Waals surface area contributed by atoms with Crippen LogP contribution in [-0.4, -0.2) is 41.0 Å². The number of hydrogen-bond acceptors (Lipinski definition) is 6. The second-order valence-corrected chi connectivity index (χ2v) is 8.99. The summed E-state index contributed by atoms with van der Waals surface area (Å²) in [4.78, 5) is 33.8. The predicted octanol–water partition coefficient (Wildman–Crippen LogP) is 5.88. The summed E-state index contributed by atoms with van der Waals surface area (Å²) >= 11 is 0. The first-order chi connectivity index (χ1) is 19.2. The van der Waals surface area contributed by atoms with Gasteiger partial charge in [0.15, 0.2) is 11.5 Å². The van der Waals surface area contributed by atoms with Crippen molar-refractivity contribution in [1.82, 2.24) is 35.1 Å². The maximum absolute atomic E-state index is 12.6. The summed E-state index contributed by atoms with van der Waals surface area (Å²) < 4.78 is 0. The van der Waals surface area contributed by atoms with Gasteiger partial charge in [-0.3, -0.25) is 19.9 Å². The van der Waals surface area contributed by atoms with Crippen LogP contribution in [0.25, 0.3) is 55.8 Å². The molecule has 5 heterocycles. The minimum absolute atomic E-state index is 0.188. The third-order valence-corrected chi connectivity index (χ3v) is 6.53. The number of fused-ring (bicyclic) bond motifs is 2. The van der Waals surface area contributed by atoms with Crippen molar-refractivity contribution in [2.75, 3.05) is 5.32 Å². The zero-order valence-electron chi connectivity index (χ0n) is 20.5. The highest BCUT2D eigenvalue weighted by Crippen LogP contribution is 2.32. The van der Waals surface area contributed by atoms with Gasteiger partial charge in [-0.2, -0.15) is 5.10 Å². The number of aromatic amines is 2. The summed E-state index contributed by atoms with van der Waals surface area (Å²) in [7, 11) is 0. The van der Waals surface area contributed by atoms with Gasteiger partial charge in [0, 0.05) is 46.9 Å². The van der Waals surface area contributed by atoms with Crippen LogP contribution < -0.4 is 5.32 Å². The van der Waals surface area contributed by atoms with Crippen LogP contribution in [0.15, 0.2) is 104 Å². The molecule has 0 aliphatic carbocycles. The van der Waals surface area contributed by atoms with E-state index in [0.29, 0.717) is 28.4 Å². The molecule has 7 rings (SSSR count). The molecule has 3 N–H and O–H groups in total. The molecule has 0 spiro atoms. The number of pyridine rings is 3. The van der Waals surface area contributed by atoms with E-state index in [1.807, 2.05) is 60.7 Å². The van der Waals surface area contributed by atoms with E-state index in [1.165, 1.54) is 0 Å². The summed E-state index contributed by atoms with van der Waals surface area (Å²) in [6, 6.07) is 22.8. The number of benzene rings is 2. The van der Waals surface area contributed by atoms with Gasteiger partial charge in [0.2, 0.25) is 0 Å². The van der Waals surface area contributed by atoms with E-state index in [0.717, 1.165) is 38.7 Å². The lowest BCUT2D eigenvalue weighted by Gasteiger charge is -2.08. The summed E-state index contributed by atoms with van der Waals surface area (Å²) in [6.07, 6.45) is 8.68. The summed E-state index contributed by atoms with van der Waals surface area (Å²) in [5.74, 6) is 0.427. The molecular formula is C30H20N8O. The van der Waals surface area contributed by atoms with E-state index in [-0.39, 0.29) is 5.91 Å². The molecule has 0 bridgehead atoms. The van der Waals surface area contributed by atoms with Crippen molar-refractivity contribution >= 4 is 33.7 Å². The number of aromatic nitrogens is 7. The number of carbonyl (C=O) groups excluding carboxylic acids is 1. The van der Waals surface area contributed by atoms with Crippen LogP contribution >= 0.6 is 0 Å². The summed E-state index contributed by atoms with van der Waals surface area (Å²) in [5, 5.41) is 11.5. The van der Waals surface area contributed by atoms with Crippen molar-refractivity contribution in [2.24, 2.45) is 0 Å². The molecular weight excluding hydrogens is 488 g/mol. The van der Waals surface area contributed by atoms with E-state index >= 15 is 0 Å². The van der Waals surface area contributed by atoms with Gasteiger partial charge in [0.1, 0.15) is 11.2 Å². The van der Waals surface area contributed by atoms with Crippen molar-refractivity contribution in [2.45, 2.75) is 0 Å². The van der Waals surface area contributed by atoms with Gasteiger partial charge in [-0.05, 0) is 59.7 Å². The monoisotopic (exact) mass is 508 g/mol. The fraction of sp³-hybridized carbons (Fsp3) is 0. The molecule has 7 aromatic rings. The summed E-state index contributed by atoms with van der Waals surface area (Å²) in [6.45, 7) is 0. The molecule has 0 saturated heterocycles. The second-order valence-electron chi connectivity index (χ2n) is 8.99. The Hall–Kier alpha value is -5.70. The normalized spacial score (nSPS) is 11.2. The van der Waals surface area contributed by atoms with Crippen LogP contribution in [0.1, 0.15) is 10.4 Å². The number of nitrogens with zero attached hydrogens (tertiary/aromatic N) is 5. The largest absolute Gasteiger partial charge is 0.321 e. The fourth-order valence-electron chi connectivity index (χ4n) is 4.62. The van der Waals surface area contributed by atoms with Gasteiger partial charge in [-0.15, -0.1) is 0 Å². The number of rotatable bonds is 5. The molecule has 39 heavy (non-hydrogen) atoms. The highest BCUT2D eigenvalue weighted by atomic mass is 16.1. The molecule has 0 atom stereocenters. The van der Waals surface area contributed by atoms with Crippen LogP contribution in [-0.2, 0) is 0 Å². The van der Waals surface area contributed by atoms with Crippen LogP contribution in [0.4, 0.5) is 5.69 Å². The molecule has 0 aliphatic rings. The van der Waals surface area contributed by atoms with Crippen LogP contribution in [0.3, 0.4) is 0 Å². The fourth-order valence-corrected chi connectivity index (χ4v) is 4.62. The van der Waals surface area contributed by atoms with Crippen LogP contribution in [0.2, 0.25) is 0 Å². The Morgan fingerprint density at radius 3 is 2.54 bits per heavy atom. The molecule has 0 radical (unpaired) electrons. The minimum atomic E-state index is -0.188. The van der Waals surface area contributed by atoms with Gasteiger partial charge >= 0.3 is 0 Å². The van der Waals surface area contributed by atoms with Crippen LogP contribution in [0, 0.1) is 0 Å². The average Bonchev–Trinajstić information content (AvgIpc) is 3.62. The first-order valence-electron chi connectivity index (χ1n) is 12.3. The van der Waals surface area contributed by atoms with Crippen molar-refractivity contribution in [1.29, 1.82) is 0 Å². The molecule has 1 amide bonds. The number of carbonyl (C=O) groups is 1. The zero-order valence-corrected chi connectivity index (χ0v) is 20.5. The lowest BCUT2D eigenvalue weighted by molar-refractivity contribution is 0.102. The smallest absolute Gasteiger partial charge is 0.255 e. The highest BCUT2D eigenvalue weighted by molar-refractivity contribution is 6.04. The first-order valence-corrected chi connectivity index (χ1v) is 12.3. The van der Waals surface area contributed by atoms with Gasteiger partial charge in [0.25, 0.3) is 5.91 Å². The van der Waals surface area contributed by atoms with E-state index < -0.39 is 0 Å². The second kappa shape index (κ2) is 9.31. The molecule has 0 fully saturated rings.